The van der Waals surface area contributed by atoms with Gasteiger partial charge in [-0.2, -0.15) is 4.98 Å². The maximum absolute atomic E-state index is 11.1. The van der Waals surface area contributed by atoms with Crippen LogP contribution in [-0.2, 0) is 6.54 Å². The van der Waals surface area contributed by atoms with Crippen LogP contribution in [0.2, 0.25) is 0 Å². The van der Waals surface area contributed by atoms with Crippen molar-refractivity contribution in [3.05, 3.63) is 39.8 Å². The van der Waals surface area contributed by atoms with Crippen LogP contribution in [-0.4, -0.2) is 9.97 Å². The second-order valence-corrected chi connectivity index (χ2v) is 3.73. The first kappa shape index (κ1) is 9.11. The van der Waals surface area contributed by atoms with E-state index in [1.165, 1.54) is 0 Å². The Balaban J connectivity index is 2.54. The summed E-state index contributed by atoms with van der Waals surface area (Å²) in [6.07, 6.45) is 0. The number of aromatic amines is 1. The first-order valence-electron chi connectivity index (χ1n) is 4.14. The van der Waals surface area contributed by atoms with Gasteiger partial charge in [0.05, 0.1) is 10.6 Å². The minimum atomic E-state index is -0.351. The zero-order valence-electron chi connectivity index (χ0n) is 7.36. The van der Waals surface area contributed by atoms with Crippen LogP contribution in [0.5, 0.6) is 0 Å². The highest BCUT2D eigenvalue weighted by Gasteiger charge is 2.02. The van der Waals surface area contributed by atoms with Gasteiger partial charge in [-0.05, 0) is 17.5 Å². The number of nitrogens with zero attached hydrogens (tertiary/aromatic N) is 1. The molecule has 2 heterocycles. The largest absolute Gasteiger partial charge is 0.345 e. The minimum Gasteiger partial charge on any atom is -0.325 e. The van der Waals surface area contributed by atoms with Gasteiger partial charge in [0.25, 0.3) is 0 Å². The fourth-order valence-electron chi connectivity index (χ4n) is 1.17. The maximum Gasteiger partial charge on any atom is 0.345 e. The Morgan fingerprint density at radius 1 is 1.57 bits per heavy atom. The Hall–Kier alpha value is -1.46. The molecule has 14 heavy (non-hydrogen) atoms. The summed E-state index contributed by atoms with van der Waals surface area (Å²) in [4.78, 5) is 18.6. The number of nitrogens with one attached hydrogen (secondary N) is 1. The molecular formula is C9H9N3OS. The average Bonchev–Trinajstić information content (AvgIpc) is 2.69. The number of nitrogens with two attached hydrogens (primary N) is 1. The molecule has 0 aliphatic rings. The van der Waals surface area contributed by atoms with Gasteiger partial charge < -0.3 is 10.7 Å². The molecule has 0 aromatic carbocycles. The number of H-pyrrole nitrogens is 1. The summed E-state index contributed by atoms with van der Waals surface area (Å²) in [6, 6.07) is 5.64. The van der Waals surface area contributed by atoms with Gasteiger partial charge in [-0.3, -0.25) is 0 Å². The number of rotatable bonds is 2. The third kappa shape index (κ3) is 1.73. The van der Waals surface area contributed by atoms with Crippen LogP contribution in [0.1, 0.15) is 5.69 Å². The van der Waals surface area contributed by atoms with Crippen LogP contribution in [0.4, 0.5) is 0 Å². The second kappa shape index (κ2) is 3.73. The summed E-state index contributed by atoms with van der Waals surface area (Å²) in [7, 11) is 0. The number of hydrogen-bond donors (Lipinski definition) is 2. The van der Waals surface area contributed by atoms with Crippen molar-refractivity contribution in [1.29, 1.82) is 0 Å². The highest BCUT2D eigenvalue weighted by atomic mass is 32.1. The van der Waals surface area contributed by atoms with Gasteiger partial charge in [0.15, 0.2) is 0 Å². The zero-order chi connectivity index (χ0) is 9.97. The molecule has 0 saturated heterocycles. The molecule has 0 amide bonds. The highest BCUT2D eigenvalue weighted by molar-refractivity contribution is 7.13. The summed E-state index contributed by atoms with van der Waals surface area (Å²) in [6.45, 7) is 0.316. The first-order valence-corrected chi connectivity index (χ1v) is 5.02. The standard InChI is InChI=1S/C9H9N3OS/c10-5-6-4-7(12-9(13)11-6)8-2-1-3-14-8/h1-4H,5,10H2,(H,11,12,13). The average molecular weight is 207 g/mol. The molecule has 72 valence electrons. The quantitative estimate of drug-likeness (QED) is 0.770. The van der Waals surface area contributed by atoms with Crippen molar-refractivity contribution in [3.8, 4) is 10.6 Å². The monoisotopic (exact) mass is 207 g/mol. The molecule has 0 aliphatic heterocycles. The van der Waals surface area contributed by atoms with Crippen LogP contribution < -0.4 is 11.4 Å². The molecule has 2 aromatic rings. The smallest absolute Gasteiger partial charge is 0.325 e. The predicted octanol–water partition coefficient (Wildman–Crippen LogP) is 0.957. The fourth-order valence-corrected chi connectivity index (χ4v) is 1.85. The molecule has 0 saturated carbocycles. The molecule has 0 atom stereocenters. The van der Waals surface area contributed by atoms with Crippen LogP contribution >= 0.6 is 11.3 Å². The topological polar surface area (TPSA) is 71.8 Å². The Kier molecular flexibility index (Phi) is 2.43. The van der Waals surface area contributed by atoms with Gasteiger partial charge >= 0.3 is 5.69 Å². The molecule has 5 heteroatoms. The third-order valence-electron chi connectivity index (χ3n) is 1.79. The molecule has 0 fully saturated rings. The molecule has 0 bridgehead atoms. The molecule has 0 aliphatic carbocycles. The van der Waals surface area contributed by atoms with E-state index < -0.39 is 0 Å². The molecule has 0 radical (unpaired) electrons. The fraction of sp³-hybridized carbons (Fsp3) is 0.111. The van der Waals surface area contributed by atoms with E-state index in [1.807, 2.05) is 17.5 Å². The van der Waals surface area contributed by atoms with Crippen LogP contribution in [0.15, 0.2) is 28.4 Å². The summed E-state index contributed by atoms with van der Waals surface area (Å²) < 4.78 is 0. The van der Waals surface area contributed by atoms with E-state index >= 15 is 0 Å². The van der Waals surface area contributed by atoms with Crippen LogP contribution in [0, 0.1) is 0 Å². The van der Waals surface area contributed by atoms with E-state index in [0.717, 1.165) is 4.88 Å². The van der Waals surface area contributed by atoms with Crippen molar-refractivity contribution in [3.63, 3.8) is 0 Å². The van der Waals surface area contributed by atoms with Gasteiger partial charge in [0.1, 0.15) is 0 Å². The molecule has 3 N–H and O–H groups in total. The van der Waals surface area contributed by atoms with E-state index in [1.54, 1.807) is 17.4 Å². The molecular weight excluding hydrogens is 198 g/mol. The maximum atomic E-state index is 11.1. The number of aromatic nitrogens is 2. The molecule has 2 aromatic heterocycles. The Labute approximate surface area is 84.4 Å². The van der Waals surface area contributed by atoms with E-state index in [9.17, 15) is 4.79 Å². The first-order chi connectivity index (χ1) is 6.79. The lowest BCUT2D eigenvalue weighted by atomic mass is 10.3. The minimum absolute atomic E-state index is 0.316. The summed E-state index contributed by atoms with van der Waals surface area (Å²) >= 11 is 1.55. The lowest BCUT2D eigenvalue weighted by molar-refractivity contribution is 0.935. The summed E-state index contributed by atoms with van der Waals surface area (Å²) in [5.41, 5.74) is 6.48. The summed E-state index contributed by atoms with van der Waals surface area (Å²) in [5.74, 6) is 0. The lowest BCUT2D eigenvalue weighted by Gasteiger charge is -1.99. The lowest BCUT2D eigenvalue weighted by Crippen LogP contribution is -2.15. The van der Waals surface area contributed by atoms with Crippen LogP contribution in [0.3, 0.4) is 0 Å². The normalized spacial score (nSPS) is 10.4. The van der Waals surface area contributed by atoms with Crippen molar-refractivity contribution in [2.24, 2.45) is 5.73 Å². The van der Waals surface area contributed by atoms with Gasteiger partial charge in [-0.1, -0.05) is 6.07 Å². The van der Waals surface area contributed by atoms with Gasteiger partial charge in [-0.25, -0.2) is 4.79 Å². The van der Waals surface area contributed by atoms with Gasteiger partial charge in [0.2, 0.25) is 0 Å². The molecule has 0 spiro atoms. The molecule has 2 rings (SSSR count). The SMILES string of the molecule is NCc1cc(-c2cccs2)nc(=O)[nH]1. The third-order valence-corrected chi connectivity index (χ3v) is 2.69. The van der Waals surface area contributed by atoms with E-state index in [-0.39, 0.29) is 5.69 Å². The Morgan fingerprint density at radius 2 is 2.43 bits per heavy atom. The zero-order valence-corrected chi connectivity index (χ0v) is 8.17. The van der Waals surface area contributed by atoms with Crippen LogP contribution in [0.25, 0.3) is 10.6 Å². The number of hydrogen-bond acceptors (Lipinski definition) is 4. The van der Waals surface area contributed by atoms with Gasteiger partial charge in [-0.15, -0.1) is 11.3 Å². The molecule has 4 nitrogen and oxygen atoms in total. The van der Waals surface area contributed by atoms with E-state index in [4.69, 9.17) is 5.73 Å². The van der Waals surface area contributed by atoms with Gasteiger partial charge in [0, 0.05) is 12.2 Å². The predicted molar refractivity (Wildman–Crippen MR) is 56.1 cm³/mol. The number of thiophene rings is 1. The van der Waals surface area contributed by atoms with Crippen molar-refractivity contribution in [1.82, 2.24) is 9.97 Å². The van der Waals surface area contributed by atoms with E-state index in [0.29, 0.717) is 17.9 Å². The highest BCUT2D eigenvalue weighted by Crippen LogP contribution is 2.21. The second-order valence-electron chi connectivity index (χ2n) is 2.78. The van der Waals surface area contributed by atoms with Crippen molar-refractivity contribution < 1.29 is 0 Å². The summed E-state index contributed by atoms with van der Waals surface area (Å²) in [5, 5.41) is 1.94. The Bertz CT molecular complexity index is 475. The van der Waals surface area contributed by atoms with Crippen molar-refractivity contribution >= 4 is 11.3 Å². The van der Waals surface area contributed by atoms with Crippen molar-refractivity contribution in [2.75, 3.05) is 0 Å². The van der Waals surface area contributed by atoms with E-state index in [2.05, 4.69) is 9.97 Å². The Morgan fingerprint density at radius 3 is 3.07 bits per heavy atom. The van der Waals surface area contributed by atoms with Crippen molar-refractivity contribution in [2.45, 2.75) is 6.54 Å². The molecule has 0 unspecified atom stereocenters.